The minimum Gasteiger partial charge on any atom is -0.492 e. The lowest BCUT2D eigenvalue weighted by Gasteiger charge is -2.38. The number of nitrogens with one attached hydrogen (secondary N) is 1. The average molecular weight is 483 g/mol. The van der Waals surface area contributed by atoms with Crippen molar-refractivity contribution in [2.24, 2.45) is 0 Å². The van der Waals surface area contributed by atoms with E-state index >= 15 is 0 Å². The predicted molar refractivity (Wildman–Crippen MR) is 137 cm³/mol. The summed E-state index contributed by atoms with van der Waals surface area (Å²) in [4.78, 5) is 25.0. The van der Waals surface area contributed by atoms with Crippen LogP contribution in [-0.4, -0.2) is 49.4 Å². The zero-order chi connectivity index (χ0) is 24.6. The Bertz CT molecular complexity index is 1030. The van der Waals surface area contributed by atoms with Gasteiger partial charge < -0.3 is 19.6 Å². The number of hydrogen-bond donors (Lipinski definition) is 2. The fourth-order valence-electron chi connectivity index (χ4n) is 4.87. The van der Waals surface area contributed by atoms with E-state index in [9.17, 15) is 9.59 Å². The van der Waals surface area contributed by atoms with Gasteiger partial charge in [0.15, 0.2) is 0 Å². The van der Waals surface area contributed by atoms with Crippen molar-refractivity contribution in [3.63, 3.8) is 0 Å². The van der Waals surface area contributed by atoms with Crippen LogP contribution in [0.3, 0.4) is 0 Å². The van der Waals surface area contributed by atoms with Gasteiger partial charge >= 0.3 is 6.09 Å². The molecular formula is C27H38N2O4Si. The topological polar surface area (TPSA) is 71.0 Å². The second kappa shape index (κ2) is 9.36. The molecule has 1 amide bonds. The van der Waals surface area contributed by atoms with Gasteiger partial charge in [-0.1, -0.05) is 30.3 Å². The summed E-state index contributed by atoms with van der Waals surface area (Å²) in [6.45, 7) is 13.6. The molecule has 0 bridgehead atoms. The lowest BCUT2D eigenvalue weighted by Crippen LogP contribution is -2.44. The van der Waals surface area contributed by atoms with E-state index in [4.69, 9.17) is 9.47 Å². The molecule has 1 spiro atoms. The van der Waals surface area contributed by atoms with Gasteiger partial charge in [-0.3, -0.25) is 4.90 Å². The lowest BCUT2D eigenvalue weighted by molar-refractivity contribution is 0.0523. The summed E-state index contributed by atoms with van der Waals surface area (Å²) >= 11 is 0. The lowest BCUT2D eigenvalue weighted by atomic mass is 9.74. The molecule has 6 nitrogen and oxygen atoms in total. The van der Waals surface area contributed by atoms with Crippen LogP contribution in [0.25, 0.3) is 0 Å². The highest BCUT2D eigenvalue weighted by molar-refractivity contribution is 6.83. The van der Waals surface area contributed by atoms with Crippen molar-refractivity contribution in [1.82, 2.24) is 10.2 Å². The minimum atomic E-state index is -2.30. The van der Waals surface area contributed by atoms with Gasteiger partial charge in [0.2, 0.25) is 8.32 Å². The SMILES string of the molecule is CC(C)(C)OC(=O)NCc1ccc2c(c1)C1(CCN(Cc3cccc([Si](C)(C)O)c3)CC1)CO2. The van der Waals surface area contributed by atoms with Gasteiger partial charge in [-0.2, -0.15) is 0 Å². The van der Waals surface area contributed by atoms with Gasteiger partial charge in [0.25, 0.3) is 0 Å². The quantitative estimate of drug-likeness (QED) is 0.630. The molecular weight excluding hydrogens is 444 g/mol. The molecule has 2 aliphatic rings. The maximum Gasteiger partial charge on any atom is 0.407 e. The maximum atomic E-state index is 12.0. The first kappa shape index (κ1) is 24.8. The molecule has 7 heteroatoms. The van der Waals surface area contributed by atoms with E-state index in [1.807, 2.05) is 52.1 Å². The van der Waals surface area contributed by atoms with Crippen LogP contribution < -0.4 is 15.2 Å². The molecule has 2 aromatic rings. The summed E-state index contributed by atoms with van der Waals surface area (Å²) in [5.74, 6) is 0.970. The zero-order valence-electron chi connectivity index (χ0n) is 21.1. The molecule has 34 heavy (non-hydrogen) atoms. The Kier molecular flexibility index (Phi) is 6.82. The number of hydrogen-bond acceptors (Lipinski definition) is 5. The Balaban J connectivity index is 1.38. The number of alkyl carbamates (subject to hydrolysis) is 1. The van der Waals surface area contributed by atoms with Crippen LogP contribution in [0.5, 0.6) is 5.75 Å². The smallest absolute Gasteiger partial charge is 0.407 e. The first-order chi connectivity index (χ1) is 15.9. The minimum absolute atomic E-state index is 0.0373. The highest BCUT2D eigenvalue weighted by Gasteiger charge is 2.43. The number of likely N-dealkylation sites (tertiary alicyclic amines) is 1. The summed E-state index contributed by atoms with van der Waals surface area (Å²) in [5.41, 5.74) is 3.12. The molecule has 0 aliphatic carbocycles. The standard InChI is InChI=1S/C27H38N2O4Si/c1-26(2,3)33-25(30)28-17-20-9-10-24-23(16-20)27(19-32-24)11-13-29(14-12-27)18-21-7-6-8-22(15-21)34(4,5)31/h6-10,15-16,31H,11-14,17-19H2,1-5H3,(H,28,30). The van der Waals surface area contributed by atoms with Crippen molar-refractivity contribution < 1.29 is 19.1 Å². The van der Waals surface area contributed by atoms with Gasteiger partial charge in [-0.05, 0) is 88.2 Å². The number of fused-ring (bicyclic) bond motifs is 2. The van der Waals surface area contributed by atoms with Crippen LogP contribution >= 0.6 is 0 Å². The number of benzene rings is 2. The Morgan fingerprint density at radius 3 is 2.56 bits per heavy atom. The molecule has 2 N–H and O–H groups in total. The average Bonchev–Trinajstić information content (AvgIpc) is 3.10. The van der Waals surface area contributed by atoms with E-state index in [0.29, 0.717) is 6.54 Å². The Hall–Kier alpha value is -2.35. The van der Waals surface area contributed by atoms with Crippen molar-refractivity contribution in [2.45, 2.75) is 70.8 Å². The Morgan fingerprint density at radius 1 is 1.15 bits per heavy atom. The Morgan fingerprint density at radius 2 is 1.88 bits per heavy atom. The van der Waals surface area contributed by atoms with Gasteiger partial charge in [0.1, 0.15) is 11.4 Å². The highest BCUT2D eigenvalue weighted by Crippen LogP contribution is 2.46. The van der Waals surface area contributed by atoms with Crippen LogP contribution in [0.4, 0.5) is 4.79 Å². The second-order valence-corrected chi connectivity index (χ2v) is 15.0. The molecule has 184 valence electrons. The monoisotopic (exact) mass is 482 g/mol. The van der Waals surface area contributed by atoms with E-state index in [2.05, 4.69) is 34.5 Å². The van der Waals surface area contributed by atoms with Gasteiger partial charge in [0.05, 0.1) is 6.61 Å². The summed E-state index contributed by atoms with van der Waals surface area (Å²) < 4.78 is 11.4. The van der Waals surface area contributed by atoms with Crippen LogP contribution in [0.1, 0.15) is 50.3 Å². The molecule has 1 saturated heterocycles. The molecule has 2 aromatic carbocycles. The fourth-order valence-corrected chi connectivity index (χ4v) is 5.91. The van der Waals surface area contributed by atoms with E-state index < -0.39 is 20.0 Å². The number of carbonyl (C=O) groups excluding carboxylic acids is 1. The number of amides is 1. The molecule has 1 fully saturated rings. The van der Waals surface area contributed by atoms with Crippen LogP contribution in [-0.2, 0) is 23.2 Å². The van der Waals surface area contributed by atoms with Gasteiger partial charge in [-0.15, -0.1) is 0 Å². The molecule has 2 aliphatic heterocycles. The molecule has 0 aromatic heterocycles. The van der Waals surface area contributed by atoms with Crippen molar-refractivity contribution in [3.05, 3.63) is 59.2 Å². The second-order valence-electron chi connectivity index (χ2n) is 11.3. The first-order valence-electron chi connectivity index (χ1n) is 12.2. The third-order valence-electron chi connectivity index (χ3n) is 6.81. The number of carbonyl (C=O) groups is 1. The van der Waals surface area contributed by atoms with Gasteiger partial charge in [0, 0.05) is 24.1 Å². The van der Waals surface area contributed by atoms with E-state index in [1.165, 1.54) is 11.1 Å². The zero-order valence-corrected chi connectivity index (χ0v) is 22.1. The molecule has 0 atom stereocenters. The summed E-state index contributed by atoms with van der Waals surface area (Å²) in [7, 11) is -2.30. The normalized spacial score (nSPS) is 17.8. The number of nitrogens with zero attached hydrogens (tertiary/aromatic N) is 1. The van der Waals surface area contributed by atoms with Crippen LogP contribution in [0.15, 0.2) is 42.5 Å². The van der Waals surface area contributed by atoms with Crippen molar-refractivity contribution >= 4 is 19.6 Å². The largest absolute Gasteiger partial charge is 0.492 e. The van der Waals surface area contributed by atoms with E-state index in [0.717, 1.165) is 55.6 Å². The van der Waals surface area contributed by atoms with Crippen molar-refractivity contribution in [1.29, 1.82) is 0 Å². The van der Waals surface area contributed by atoms with E-state index in [-0.39, 0.29) is 5.41 Å². The van der Waals surface area contributed by atoms with Crippen molar-refractivity contribution in [3.8, 4) is 5.75 Å². The molecule has 0 saturated carbocycles. The maximum absolute atomic E-state index is 12.0. The number of rotatable bonds is 5. The highest BCUT2D eigenvalue weighted by atomic mass is 28.4. The first-order valence-corrected chi connectivity index (χ1v) is 15.2. The summed E-state index contributed by atoms with van der Waals surface area (Å²) in [6, 6.07) is 14.7. The fraction of sp³-hybridized carbons (Fsp3) is 0.519. The van der Waals surface area contributed by atoms with Crippen LogP contribution in [0.2, 0.25) is 13.1 Å². The number of ether oxygens (including phenoxy) is 2. The molecule has 0 radical (unpaired) electrons. The molecule has 4 rings (SSSR count). The third kappa shape index (κ3) is 5.82. The van der Waals surface area contributed by atoms with Gasteiger partial charge in [-0.25, -0.2) is 4.79 Å². The number of piperidine rings is 1. The summed E-state index contributed by atoms with van der Waals surface area (Å²) in [5, 5.41) is 3.95. The Labute approximate surface area is 204 Å². The van der Waals surface area contributed by atoms with Crippen molar-refractivity contribution in [2.75, 3.05) is 19.7 Å². The van der Waals surface area contributed by atoms with Crippen LogP contribution in [0, 0.1) is 0 Å². The predicted octanol–water partition coefficient (Wildman–Crippen LogP) is 4.04. The molecule has 2 heterocycles. The third-order valence-corrected chi connectivity index (χ3v) is 8.53. The summed E-state index contributed by atoms with van der Waals surface area (Å²) in [6.07, 6.45) is 1.69. The van der Waals surface area contributed by atoms with E-state index in [1.54, 1.807) is 0 Å². The molecule has 0 unspecified atom stereocenters.